The highest BCUT2D eigenvalue weighted by atomic mass is 16.6. The number of nitrogens with zero attached hydrogens (tertiary/aromatic N) is 2. The molecule has 0 aliphatic rings. The molecule has 0 saturated carbocycles. The van der Waals surface area contributed by atoms with Crippen molar-refractivity contribution in [2.45, 2.75) is 20.0 Å². The summed E-state index contributed by atoms with van der Waals surface area (Å²) in [5, 5.41) is 23.3. The van der Waals surface area contributed by atoms with E-state index >= 15 is 0 Å². The minimum absolute atomic E-state index is 0.0163. The number of amides is 1. The lowest BCUT2D eigenvalue weighted by molar-refractivity contribution is -0.384. The number of aryl methyl sites for hydroxylation is 1. The molecular formula is C26H23N3O5. The van der Waals surface area contributed by atoms with Gasteiger partial charge in [0.25, 0.3) is 11.6 Å². The number of para-hydroxylation sites is 1. The van der Waals surface area contributed by atoms with E-state index in [2.05, 4.69) is 5.32 Å². The van der Waals surface area contributed by atoms with Gasteiger partial charge in [0.15, 0.2) is 11.5 Å². The van der Waals surface area contributed by atoms with Crippen molar-refractivity contribution in [2.75, 3.05) is 12.4 Å². The lowest BCUT2D eigenvalue weighted by Crippen LogP contribution is -2.14. The molecule has 0 unspecified atom stereocenters. The van der Waals surface area contributed by atoms with E-state index in [1.54, 1.807) is 36.4 Å². The van der Waals surface area contributed by atoms with Gasteiger partial charge >= 0.3 is 0 Å². The van der Waals surface area contributed by atoms with E-state index in [1.165, 1.54) is 25.3 Å². The fourth-order valence-corrected chi connectivity index (χ4v) is 3.27. The van der Waals surface area contributed by atoms with Crippen molar-refractivity contribution < 1.29 is 19.2 Å². The van der Waals surface area contributed by atoms with Crippen LogP contribution in [-0.2, 0) is 17.8 Å². The SMILES string of the molecule is CCc1ccccc1NC(=O)/C(C#N)=C/c1ccc(OCc2cccc([N+](=O)[O-])c2)c(OC)c1. The van der Waals surface area contributed by atoms with Crippen LogP contribution in [0.4, 0.5) is 11.4 Å². The number of hydrogen-bond donors (Lipinski definition) is 1. The van der Waals surface area contributed by atoms with Crippen LogP contribution in [0.2, 0.25) is 0 Å². The van der Waals surface area contributed by atoms with Crippen LogP contribution < -0.4 is 14.8 Å². The third-order valence-electron chi connectivity index (χ3n) is 5.03. The second kappa shape index (κ2) is 11.3. The summed E-state index contributed by atoms with van der Waals surface area (Å²) in [4.78, 5) is 23.2. The number of non-ortho nitro benzene ring substituents is 1. The smallest absolute Gasteiger partial charge is 0.269 e. The number of nitro benzene ring substituents is 1. The molecule has 8 nitrogen and oxygen atoms in total. The van der Waals surface area contributed by atoms with Crippen molar-refractivity contribution in [3.63, 3.8) is 0 Å². The summed E-state index contributed by atoms with van der Waals surface area (Å²) in [5.41, 5.74) is 2.78. The Bertz CT molecular complexity index is 1280. The Morgan fingerprint density at radius 1 is 1.12 bits per heavy atom. The number of nitriles is 1. The molecule has 0 heterocycles. The minimum Gasteiger partial charge on any atom is -0.493 e. The molecule has 0 radical (unpaired) electrons. The Kier molecular flexibility index (Phi) is 7.97. The van der Waals surface area contributed by atoms with Crippen molar-refractivity contribution in [3.05, 3.63) is 99.1 Å². The Morgan fingerprint density at radius 3 is 2.62 bits per heavy atom. The number of nitrogens with one attached hydrogen (secondary N) is 1. The monoisotopic (exact) mass is 457 g/mol. The van der Waals surface area contributed by atoms with Gasteiger partial charge in [-0.25, -0.2) is 0 Å². The van der Waals surface area contributed by atoms with E-state index < -0.39 is 10.8 Å². The molecular weight excluding hydrogens is 434 g/mol. The van der Waals surface area contributed by atoms with Crippen LogP contribution in [0.25, 0.3) is 6.08 Å². The molecule has 0 aliphatic carbocycles. The Balaban J connectivity index is 1.76. The predicted molar refractivity (Wildman–Crippen MR) is 128 cm³/mol. The third-order valence-corrected chi connectivity index (χ3v) is 5.03. The summed E-state index contributed by atoms with van der Waals surface area (Å²) in [6, 6.07) is 20.5. The number of nitro groups is 1. The van der Waals surface area contributed by atoms with Gasteiger partial charge < -0.3 is 14.8 Å². The minimum atomic E-state index is -0.506. The van der Waals surface area contributed by atoms with Gasteiger partial charge in [0, 0.05) is 17.8 Å². The summed E-state index contributed by atoms with van der Waals surface area (Å²) in [5.74, 6) is 0.313. The molecule has 34 heavy (non-hydrogen) atoms. The number of benzene rings is 3. The van der Waals surface area contributed by atoms with Gasteiger partial charge in [0.05, 0.1) is 12.0 Å². The number of hydrogen-bond acceptors (Lipinski definition) is 6. The van der Waals surface area contributed by atoms with Gasteiger partial charge in [-0.3, -0.25) is 14.9 Å². The first-order chi connectivity index (χ1) is 16.4. The molecule has 1 N–H and O–H groups in total. The molecule has 0 spiro atoms. The summed E-state index contributed by atoms with van der Waals surface area (Å²) in [6.07, 6.45) is 2.22. The van der Waals surface area contributed by atoms with Gasteiger partial charge in [-0.05, 0) is 47.4 Å². The normalized spacial score (nSPS) is 10.8. The van der Waals surface area contributed by atoms with Gasteiger partial charge in [-0.15, -0.1) is 0 Å². The van der Waals surface area contributed by atoms with E-state index in [0.717, 1.165) is 12.0 Å². The first kappa shape index (κ1) is 24.0. The molecule has 0 aliphatic heterocycles. The third kappa shape index (κ3) is 5.99. The number of carbonyl (C=O) groups excluding carboxylic acids is 1. The van der Waals surface area contributed by atoms with Crippen molar-refractivity contribution in [1.82, 2.24) is 0 Å². The highest BCUT2D eigenvalue weighted by molar-refractivity contribution is 6.10. The standard InChI is InChI=1S/C26H23N3O5/c1-3-20-8-4-5-10-23(20)28-26(30)21(16-27)13-18-11-12-24(25(15-18)33-2)34-17-19-7-6-9-22(14-19)29(31)32/h4-15H,3,17H2,1-2H3,(H,28,30)/b21-13+. The summed E-state index contributed by atoms with van der Waals surface area (Å²) in [6.45, 7) is 2.09. The van der Waals surface area contributed by atoms with Gasteiger partial charge in [-0.2, -0.15) is 5.26 Å². The van der Waals surface area contributed by atoms with Gasteiger partial charge in [-0.1, -0.05) is 43.3 Å². The van der Waals surface area contributed by atoms with E-state index in [1.807, 2.05) is 31.2 Å². The molecule has 0 saturated heterocycles. The molecule has 1 amide bonds. The molecule has 172 valence electrons. The first-order valence-corrected chi connectivity index (χ1v) is 10.5. The number of anilines is 1. The fourth-order valence-electron chi connectivity index (χ4n) is 3.27. The van der Waals surface area contributed by atoms with Crippen LogP contribution in [0.5, 0.6) is 11.5 Å². The Labute approximate surface area is 197 Å². The highest BCUT2D eigenvalue weighted by Crippen LogP contribution is 2.30. The van der Waals surface area contributed by atoms with E-state index in [0.29, 0.717) is 28.3 Å². The summed E-state index contributed by atoms with van der Waals surface area (Å²) in [7, 11) is 1.47. The summed E-state index contributed by atoms with van der Waals surface area (Å²) >= 11 is 0. The summed E-state index contributed by atoms with van der Waals surface area (Å²) < 4.78 is 11.2. The lowest BCUT2D eigenvalue weighted by atomic mass is 10.1. The van der Waals surface area contributed by atoms with Gasteiger partial charge in [0.1, 0.15) is 18.2 Å². The lowest BCUT2D eigenvalue weighted by Gasteiger charge is -2.12. The topological polar surface area (TPSA) is 114 Å². The average Bonchev–Trinajstić information content (AvgIpc) is 2.86. The Morgan fingerprint density at radius 2 is 1.91 bits per heavy atom. The number of carbonyl (C=O) groups is 1. The van der Waals surface area contributed by atoms with E-state index in [4.69, 9.17) is 9.47 Å². The molecule has 3 aromatic rings. The maximum Gasteiger partial charge on any atom is 0.269 e. The van der Waals surface area contributed by atoms with Crippen molar-refractivity contribution in [3.8, 4) is 17.6 Å². The van der Waals surface area contributed by atoms with Crippen molar-refractivity contribution in [1.29, 1.82) is 5.26 Å². The van der Waals surface area contributed by atoms with E-state index in [9.17, 15) is 20.2 Å². The predicted octanol–water partition coefficient (Wildman–Crippen LogP) is 5.29. The van der Waals surface area contributed by atoms with Crippen LogP contribution in [-0.4, -0.2) is 17.9 Å². The largest absolute Gasteiger partial charge is 0.493 e. The van der Waals surface area contributed by atoms with Crippen molar-refractivity contribution in [2.24, 2.45) is 0 Å². The molecule has 0 fully saturated rings. The van der Waals surface area contributed by atoms with E-state index in [-0.39, 0.29) is 17.9 Å². The molecule has 0 atom stereocenters. The molecule has 3 rings (SSSR count). The van der Waals surface area contributed by atoms with Crippen molar-refractivity contribution >= 4 is 23.4 Å². The molecule has 3 aromatic carbocycles. The molecule has 8 heteroatoms. The number of rotatable bonds is 9. The zero-order chi connectivity index (χ0) is 24.5. The number of methoxy groups -OCH3 is 1. The van der Waals surface area contributed by atoms with Crippen LogP contribution in [0.15, 0.2) is 72.3 Å². The van der Waals surface area contributed by atoms with Crippen LogP contribution in [0.3, 0.4) is 0 Å². The first-order valence-electron chi connectivity index (χ1n) is 10.5. The second-order valence-electron chi connectivity index (χ2n) is 7.26. The molecule has 0 bridgehead atoms. The fraction of sp³-hybridized carbons (Fsp3) is 0.154. The maximum atomic E-state index is 12.7. The second-order valence-corrected chi connectivity index (χ2v) is 7.26. The number of ether oxygens (including phenoxy) is 2. The average molecular weight is 457 g/mol. The maximum absolute atomic E-state index is 12.7. The van der Waals surface area contributed by atoms with Crippen LogP contribution >= 0.6 is 0 Å². The zero-order valence-corrected chi connectivity index (χ0v) is 18.8. The zero-order valence-electron chi connectivity index (χ0n) is 18.8. The van der Waals surface area contributed by atoms with Crippen LogP contribution in [0.1, 0.15) is 23.6 Å². The van der Waals surface area contributed by atoms with Gasteiger partial charge in [0.2, 0.25) is 0 Å². The molecule has 0 aromatic heterocycles. The van der Waals surface area contributed by atoms with Crippen LogP contribution in [0, 0.1) is 21.4 Å². The highest BCUT2D eigenvalue weighted by Gasteiger charge is 2.13. The quantitative estimate of drug-likeness (QED) is 0.202. The Hall–Kier alpha value is -4.64.